The van der Waals surface area contributed by atoms with Gasteiger partial charge in [0.15, 0.2) is 0 Å². The molecular weight excluding hydrogens is 376 g/mol. The summed E-state index contributed by atoms with van der Waals surface area (Å²) in [4.78, 5) is 15.3. The van der Waals surface area contributed by atoms with Crippen molar-refractivity contribution in [3.05, 3.63) is 65.7 Å². The Labute approximate surface area is 178 Å². The molecule has 2 aromatic rings. The number of nitrogens with zero attached hydrogens (tertiary/aromatic N) is 1. The van der Waals surface area contributed by atoms with Crippen LogP contribution in [0.2, 0.25) is 0 Å². The Balaban J connectivity index is 1.27. The van der Waals surface area contributed by atoms with Crippen LogP contribution in [0.1, 0.15) is 35.2 Å². The molecule has 4 rings (SSSR count). The molecule has 1 heterocycles. The lowest BCUT2D eigenvalue weighted by molar-refractivity contribution is 0.0933. The molecule has 2 aliphatic rings. The van der Waals surface area contributed by atoms with Crippen molar-refractivity contribution in [2.75, 3.05) is 33.9 Å². The fraction of sp³-hybridized carbons (Fsp3) is 0.400. The topological polar surface area (TPSA) is 50.8 Å². The number of carbonyl (C=O) groups excluding carboxylic acids is 1. The van der Waals surface area contributed by atoms with Crippen LogP contribution in [-0.4, -0.2) is 50.7 Å². The van der Waals surface area contributed by atoms with Gasteiger partial charge in [-0.3, -0.25) is 9.69 Å². The van der Waals surface area contributed by atoms with Crippen molar-refractivity contribution in [3.63, 3.8) is 0 Å². The minimum absolute atomic E-state index is 0.0652. The van der Waals surface area contributed by atoms with Gasteiger partial charge in [-0.1, -0.05) is 42.5 Å². The van der Waals surface area contributed by atoms with Crippen molar-refractivity contribution in [2.45, 2.75) is 25.3 Å². The molecule has 0 aromatic heterocycles. The van der Waals surface area contributed by atoms with E-state index in [4.69, 9.17) is 9.47 Å². The molecule has 0 bridgehead atoms. The molecule has 1 saturated heterocycles. The molecule has 1 amide bonds. The van der Waals surface area contributed by atoms with Gasteiger partial charge in [0.2, 0.25) is 0 Å². The lowest BCUT2D eigenvalue weighted by Gasteiger charge is -2.32. The van der Waals surface area contributed by atoms with Crippen molar-refractivity contribution in [1.82, 2.24) is 10.2 Å². The van der Waals surface area contributed by atoms with Crippen LogP contribution < -0.4 is 14.8 Å². The molecule has 1 N–H and O–H groups in total. The van der Waals surface area contributed by atoms with Gasteiger partial charge < -0.3 is 14.8 Å². The van der Waals surface area contributed by atoms with E-state index in [0.29, 0.717) is 17.1 Å². The van der Waals surface area contributed by atoms with Gasteiger partial charge in [-0.2, -0.15) is 0 Å². The molecule has 0 radical (unpaired) electrons. The van der Waals surface area contributed by atoms with Crippen molar-refractivity contribution in [3.8, 4) is 11.5 Å². The third-order valence-corrected chi connectivity index (χ3v) is 6.47. The summed E-state index contributed by atoms with van der Waals surface area (Å²) in [7, 11) is 3.18. The number of hydrogen-bond donors (Lipinski definition) is 1. The van der Waals surface area contributed by atoms with E-state index >= 15 is 0 Å². The van der Waals surface area contributed by atoms with Gasteiger partial charge in [0.1, 0.15) is 11.5 Å². The van der Waals surface area contributed by atoms with Gasteiger partial charge in [-0.25, -0.2) is 0 Å². The lowest BCUT2D eigenvalue weighted by Crippen LogP contribution is -2.38. The number of hydrogen-bond acceptors (Lipinski definition) is 4. The molecule has 5 heteroatoms. The molecule has 2 aromatic carbocycles. The number of rotatable bonds is 7. The van der Waals surface area contributed by atoms with Crippen LogP contribution in [0.5, 0.6) is 11.5 Å². The molecule has 1 aliphatic carbocycles. The van der Waals surface area contributed by atoms with Gasteiger partial charge in [0.05, 0.1) is 19.8 Å². The summed E-state index contributed by atoms with van der Waals surface area (Å²) in [5.41, 5.74) is 2.07. The Kier molecular flexibility index (Phi) is 6.09. The van der Waals surface area contributed by atoms with Crippen LogP contribution in [0.15, 0.2) is 54.6 Å². The van der Waals surface area contributed by atoms with E-state index in [1.54, 1.807) is 32.4 Å². The van der Waals surface area contributed by atoms with E-state index in [1.165, 1.54) is 5.56 Å². The number of benzene rings is 2. The molecule has 30 heavy (non-hydrogen) atoms. The number of piperidine rings is 1. The second-order valence-corrected chi connectivity index (χ2v) is 8.27. The summed E-state index contributed by atoms with van der Waals surface area (Å²) in [5.74, 6) is 1.16. The molecule has 5 nitrogen and oxygen atoms in total. The van der Waals surface area contributed by atoms with Crippen molar-refractivity contribution < 1.29 is 14.3 Å². The summed E-state index contributed by atoms with van der Waals surface area (Å²) < 4.78 is 10.6. The van der Waals surface area contributed by atoms with Gasteiger partial charge in [0, 0.05) is 18.7 Å². The Morgan fingerprint density at radius 1 is 1.13 bits per heavy atom. The zero-order chi connectivity index (χ0) is 21.0. The van der Waals surface area contributed by atoms with Crippen molar-refractivity contribution in [2.24, 2.45) is 5.41 Å². The highest BCUT2D eigenvalue weighted by Crippen LogP contribution is 2.54. The number of likely N-dealkylation sites (tertiary alicyclic amines) is 1. The summed E-state index contributed by atoms with van der Waals surface area (Å²) in [6, 6.07) is 16.0. The molecule has 1 unspecified atom stereocenters. The van der Waals surface area contributed by atoms with Crippen LogP contribution in [0.3, 0.4) is 0 Å². The maximum atomic E-state index is 12.8. The average Bonchev–Trinajstić information content (AvgIpc) is 3.46. The van der Waals surface area contributed by atoms with Gasteiger partial charge in [0.25, 0.3) is 5.91 Å². The second kappa shape index (κ2) is 8.92. The molecule has 1 atom stereocenters. The molecule has 158 valence electrons. The average molecular weight is 407 g/mol. The Bertz CT molecular complexity index is 902. The summed E-state index contributed by atoms with van der Waals surface area (Å²) >= 11 is 0. The summed E-state index contributed by atoms with van der Waals surface area (Å²) in [6.07, 6.45) is 7.78. The van der Waals surface area contributed by atoms with E-state index in [1.807, 2.05) is 6.07 Å². The second-order valence-electron chi connectivity index (χ2n) is 8.27. The fourth-order valence-corrected chi connectivity index (χ4v) is 4.41. The minimum Gasteiger partial charge on any atom is -0.497 e. The Morgan fingerprint density at radius 3 is 2.60 bits per heavy atom. The summed E-state index contributed by atoms with van der Waals surface area (Å²) in [5, 5.41) is 3.23. The first-order chi connectivity index (χ1) is 14.6. The van der Waals surface area contributed by atoms with E-state index in [-0.39, 0.29) is 17.4 Å². The highest BCUT2D eigenvalue weighted by molar-refractivity contribution is 5.97. The highest BCUT2D eigenvalue weighted by Gasteiger charge is 2.55. The third kappa shape index (κ3) is 4.51. The Morgan fingerprint density at radius 2 is 1.90 bits per heavy atom. The van der Waals surface area contributed by atoms with Crippen LogP contribution >= 0.6 is 0 Å². The lowest BCUT2D eigenvalue weighted by atomic mass is 9.92. The first-order valence-corrected chi connectivity index (χ1v) is 10.6. The van der Waals surface area contributed by atoms with Gasteiger partial charge in [-0.15, -0.1) is 0 Å². The van der Waals surface area contributed by atoms with Gasteiger partial charge >= 0.3 is 0 Å². The predicted molar refractivity (Wildman–Crippen MR) is 119 cm³/mol. The maximum Gasteiger partial charge on any atom is 0.255 e. The van der Waals surface area contributed by atoms with Crippen LogP contribution in [0, 0.1) is 5.41 Å². The normalized spacial score (nSPS) is 20.3. The summed E-state index contributed by atoms with van der Waals surface area (Å²) in [6.45, 7) is 3.14. The minimum atomic E-state index is -0.0652. The SMILES string of the molecule is COc1ccc(C(=O)NC2CC23CCN(C/C=C/c2ccccc2)CC3)c(OC)c1. The predicted octanol–water partition coefficient (Wildman–Crippen LogP) is 4.00. The number of carbonyl (C=O) groups is 1. The molecule has 1 aliphatic heterocycles. The monoisotopic (exact) mass is 406 g/mol. The standard InChI is InChI=1S/C25H30N2O3/c1-29-20-10-11-21(22(17-20)30-2)24(28)26-23-18-25(23)12-15-27(16-13-25)14-6-9-19-7-4-3-5-8-19/h3-11,17,23H,12-16,18H2,1-2H3,(H,26,28)/b9-6+. The third-order valence-electron chi connectivity index (χ3n) is 6.47. The van der Waals surface area contributed by atoms with Crippen LogP contribution in [0.25, 0.3) is 6.08 Å². The van der Waals surface area contributed by atoms with Crippen molar-refractivity contribution >= 4 is 12.0 Å². The smallest absolute Gasteiger partial charge is 0.255 e. The quantitative estimate of drug-likeness (QED) is 0.755. The molecule has 1 saturated carbocycles. The molecular formula is C25H30N2O3. The molecule has 2 fully saturated rings. The highest BCUT2D eigenvalue weighted by atomic mass is 16.5. The zero-order valence-corrected chi connectivity index (χ0v) is 17.8. The van der Waals surface area contributed by atoms with Crippen LogP contribution in [0.4, 0.5) is 0 Å². The first-order valence-electron chi connectivity index (χ1n) is 10.6. The van der Waals surface area contributed by atoms with E-state index < -0.39 is 0 Å². The van der Waals surface area contributed by atoms with Crippen LogP contribution in [-0.2, 0) is 0 Å². The number of nitrogens with one attached hydrogen (secondary N) is 1. The largest absolute Gasteiger partial charge is 0.497 e. The maximum absolute atomic E-state index is 12.8. The van der Waals surface area contributed by atoms with Gasteiger partial charge in [-0.05, 0) is 55.5 Å². The first kappa shape index (κ1) is 20.5. The number of ether oxygens (including phenoxy) is 2. The Hall–Kier alpha value is -2.79. The number of amides is 1. The van der Waals surface area contributed by atoms with E-state index in [0.717, 1.165) is 38.9 Å². The van der Waals surface area contributed by atoms with E-state index in [9.17, 15) is 4.79 Å². The molecule has 1 spiro atoms. The van der Waals surface area contributed by atoms with Crippen molar-refractivity contribution in [1.29, 1.82) is 0 Å². The zero-order valence-electron chi connectivity index (χ0n) is 17.8. The fourth-order valence-electron chi connectivity index (χ4n) is 4.41. The van der Waals surface area contributed by atoms with E-state index in [2.05, 4.69) is 46.6 Å². The number of methoxy groups -OCH3 is 2.